The van der Waals surface area contributed by atoms with Gasteiger partial charge in [-0.2, -0.15) is 0 Å². The first-order valence-corrected chi connectivity index (χ1v) is 8.88. The summed E-state index contributed by atoms with van der Waals surface area (Å²) in [5.41, 5.74) is 5.54. The third-order valence-electron chi connectivity index (χ3n) is 4.93. The molecular formula is C22H22FNO. The Balaban J connectivity index is 1.60. The zero-order valence-electron chi connectivity index (χ0n) is 14.2. The highest BCUT2D eigenvalue weighted by Crippen LogP contribution is 2.38. The van der Waals surface area contributed by atoms with Crippen LogP contribution in [0, 0.1) is 5.82 Å². The van der Waals surface area contributed by atoms with Crippen LogP contribution in [0.3, 0.4) is 0 Å². The Morgan fingerprint density at radius 1 is 0.960 bits per heavy atom. The third-order valence-corrected chi connectivity index (χ3v) is 4.93. The number of hydrogen-bond acceptors (Lipinski definition) is 2. The summed E-state index contributed by atoms with van der Waals surface area (Å²) in [6.07, 6.45) is 5.18. The quantitative estimate of drug-likeness (QED) is 0.816. The normalized spacial score (nSPS) is 19.1. The van der Waals surface area contributed by atoms with Crippen molar-refractivity contribution in [2.24, 2.45) is 0 Å². The second-order valence-electron chi connectivity index (χ2n) is 6.54. The van der Waals surface area contributed by atoms with Gasteiger partial charge in [0.25, 0.3) is 0 Å². The zero-order valence-corrected chi connectivity index (χ0v) is 14.2. The Labute approximate surface area is 148 Å². The molecule has 0 atom stereocenters. The number of benzene rings is 2. The van der Waals surface area contributed by atoms with Crippen LogP contribution in [0.5, 0.6) is 0 Å². The number of nitrogens with zero attached hydrogens (tertiary/aromatic N) is 1. The minimum Gasteiger partial charge on any atom is -0.379 e. The van der Waals surface area contributed by atoms with Crippen LogP contribution in [0.15, 0.2) is 54.6 Å². The first-order chi connectivity index (χ1) is 12.3. The molecule has 3 heteroatoms. The van der Waals surface area contributed by atoms with Crippen molar-refractivity contribution in [2.75, 3.05) is 32.8 Å². The maximum atomic E-state index is 14.0. The summed E-state index contributed by atoms with van der Waals surface area (Å²) in [6, 6.07) is 15.4. The monoisotopic (exact) mass is 335 g/mol. The first-order valence-electron chi connectivity index (χ1n) is 8.88. The van der Waals surface area contributed by atoms with Crippen molar-refractivity contribution in [3.8, 4) is 0 Å². The van der Waals surface area contributed by atoms with Gasteiger partial charge in [0.1, 0.15) is 5.82 Å². The summed E-state index contributed by atoms with van der Waals surface area (Å²) >= 11 is 0. The molecule has 1 saturated heterocycles. The van der Waals surface area contributed by atoms with Crippen LogP contribution in [0.1, 0.15) is 23.1 Å². The van der Waals surface area contributed by atoms with Crippen LogP contribution in [0.2, 0.25) is 0 Å². The molecule has 0 unspecified atom stereocenters. The van der Waals surface area contributed by atoms with Gasteiger partial charge in [-0.1, -0.05) is 48.5 Å². The Morgan fingerprint density at radius 3 is 2.48 bits per heavy atom. The lowest BCUT2D eigenvalue weighted by Crippen LogP contribution is -2.36. The topological polar surface area (TPSA) is 12.5 Å². The van der Waals surface area contributed by atoms with E-state index in [0.717, 1.165) is 44.8 Å². The molecule has 128 valence electrons. The third kappa shape index (κ3) is 3.58. The van der Waals surface area contributed by atoms with Crippen molar-refractivity contribution in [3.63, 3.8) is 0 Å². The van der Waals surface area contributed by atoms with E-state index < -0.39 is 0 Å². The molecule has 0 N–H and O–H groups in total. The van der Waals surface area contributed by atoms with E-state index in [9.17, 15) is 4.39 Å². The predicted molar refractivity (Wildman–Crippen MR) is 101 cm³/mol. The van der Waals surface area contributed by atoms with E-state index in [4.69, 9.17) is 4.74 Å². The average Bonchev–Trinajstić information content (AvgIpc) is 3.01. The molecular weight excluding hydrogens is 313 g/mol. The minimum absolute atomic E-state index is 0.178. The van der Waals surface area contributed by atoms with E-state index in [-0.39, 0.29) is 5.82 Å². The van der Waals surface area contributed by atoms with E-state index in [1.165, 1.54) is 22.8 Å². The van der Waals surface area contributed by atoms with E-state index in [1.807, 2.05) is 24.3 Å². The molecule has 0 saturated carbocycles. The van der Waals surface area contributed by atoms with Gasteiger partial charge in [-0.25, -0.2) is 4.39 Å². The van der Waals surface area contributed by atoms with Gasteiger partial charge in [-0.05, 0) is 40.8 Å². The lowest BCUT2D eigenvalue weighted by Gasteiger charge is -2.26. The van der Waals surface area contributed by atoms with Crippen molar-refractivity contribution in [1.82, 2.24) is 4.90 Å². The highest BCUT2D eigenvalue weighted by molar-refractivity contribution is 6.01. The first kappa shape index (κ1) is 16.2. The highest BCUT2D eigenvalue weighted by atomic mass is 19.1. The minimum atomic E-state index is -0.178. The van der Waals surface area contributed by atoms with Crippen LogP contribution in [0.4, 0.5) is 4.39 Å². The maximum Gasteiger partial charge on any atom is 0.130 e. The largest absolute Gasteiger partial charge is 0.379 e. The molecule has 2 aliphatic rings. The van der Waals surface area contributed by atoms with Gasteiger partial charge in [-0.15, -0.1) is 0 Å². The number of morpholine rings is 1. The van der Waals surface area contributed by atoms with E-state index in [1.54, 1.807) is 6.07 Å². The van der Waals surface area contributed by atoms with Crippen molar-refractivity contribution in [1.29, 1.82) is 0 Å². The molecule has 4 rings (SSSR count). The maximum absolute atomic E-state index is 14.0. The fraction of sp³-hybridized carbons (Fsp3) is 0.273. The van der Waals surface area contributed by atoms with Crippen molar-refractivity contribution < 1.29 is 9.13 Å². The van der Waals surface area contributed by atoms with Gasteiger partial charge in [0.05, 0.1) is 13.2 Å². The molecule has 0 aromatic heterocycles. The number of ether oxygens (including phenoxy) is 1. The number of fused-ring (bicyclic) bond motifs is 1. The fourth-order valence-electron chi connectivity index (χ4n) is 3.55. The number of halogens is 1. The van der Waals surface area contributed by atoms with Crippen LogP contribution < -0.4 is 0 Å². The van der Waals surface area contributed by atoms with Crippen LogP contribution in [-0.4, -0.2) is 37.7 Å². The summed E-state index contributed by atoms with van der Waals surface area (Å²) in [5.74, 6) is -0.178. The second-order valence-corrected chi connectivity index (χ2v) is 6.54. The van der Waals surface area contributed by atoms with Crippen LogP contribution >= 0.6 is 0 Å². The molecule has 0 bridgehead atoms. The summed E-state index contributed by atoms with van der Waals surface area (Å²) < 4.78 is 19.4. The SMILES string of the molecule is Fc1ccccc1C=C1C=C(CCN2CCOCC2)c2ccccc21. The number of hydrogen-bond donors (Lipinski definition) is 0. The molecule has 2 nitrogen and oxygen atoms in total. The van der Waals surface area contributed by atoms with Gasteiger partial charge in [-0.3, -0.25) is 4.90 Å². The Hall–Kier alpha value is -2.23. The summed E-state index contributed by atoms with van der Waals surface area (Å²) in [7, 11) is 0. The smallest absolute Gasteiger partial charge is 0.130 e. The number of rotatable bonds is 4. The summed E-state index contributed by atoms with van der Waals surface area (Å²) in [6.45, 7) is 4.71. The lowest BCUT2D eigenvalue weighted by atomic mass is 10.0. The molecule has 0 spiro atoms. The summed E-state index contributed by atoms with van der Waals surface area (Å²) in [4.78, 5) is 2.45. The van der Waals surface area contributed by atoms with Gasteiger partial charge in [0.2, 0.25) is 0 Å². The average molecular weight is 335 g/mol. The van der Waals surface area contributed by atoms with Crippen LogP contribution in [-0.2, 0) is 4.74 Å². The number of allylic oxidation sites excluding steroid dienone is 2. The van der Waals surface area contributed by atoms with E-state index in [0.29, 0.717) is 5.56 Å². The molecule has 1 fully saturated rings. The molecule has 2 aromatic carbocycles. The van der Waals surface area contributed by atoms with Gasteiger partial charge >= 0.3 is 0 Å². The zero-order chi connectivity index (χ0) is 17.1. The molecule has 1 aliphatic carbocycles. The van der Waals surface area contributed by atoms with Crippen LogP contribution in [0.25, 0.3) is 17.2 Å². The van der Waals surface area contributed by atoms with Gasteiger partial charge in [0, 0.05) is 25.2 Å². The van der Waals surface area contributed by atoms with Crippen molar-refractivity contribution in [2.45, 2.75) is 6.42 Å². The molecule has 2 aromatic rings. The van der Waals surface area contributed by atoms with Gasteiger partial charge in [0.15, 0.2) is 0 Å². The standard InChI is InChI=1S/C22H22FNO/c23-22-8-4-1-5-18(22)16-19-15-17(20-6-2-3-7-21(19)20)9-10-24-11-13-25-14-12-24/h1-8,15-16H,9-14H2. The Kier molecular flexibility index (Phi) is 4.77. The Morgan fingerprint density at radius 2 is 1.68 bits per heavy atom. The molecule has 25 heavy (non-hydrogen) atoms. The van der Waals surface area contributed by atoms with E-state index in [2.05, 4.69) is 29.2 Å². The molecule has 0 radical (unpaired) electrons. The predicted octanol–water partition coefficient (Wildman–Crippen LogP) is 4.49. The molecule has 0 amide bonds. The Bertz CT molecular complexity index is 818. The lowest BCUT2D eigenvalue weighted by molar-refractivity contribution is 0.0390. The van der Waals surface area contributed by atoms with Gasteiger partial charge < -0.3 is 4.74 Å². The highest BCUT2D eigenvalue weighted by Gasteiger charge is 2.19. The second kappa shape index (κ2) is 7.34. The summed E-state index contributed by atoms with van der Waals surface area (Å²) in [5, 5.41) is 0. The van der Waals surface area contributed by atoms with Crippen molar-refractivity contribution in [3.05, 3.63) is 77.1 Å². The molecule has 1 aliphatic heterocycles. The molecule has 1 heterocycles. The van der Waals surface area contributed by atoms with Crippen molar-refractivity contribution >= 4 is 17.2 Å². The van der Waals surface area contributed by atoms with E-state index >= 15 is 0 Å². The fourth-order valence-corrected chi connectivity index (χ4v) is 3.55.